The van der Waals surface area contributed by atoms with E-state index in [0.717, 1.165) is 23.5 Å². The molecule has 0 aliphatic carbocycles. The van der Waals surface area contributed by atoms with Gasteiger partial charge in [-0.2, -0.15) is 0 Å². The molecule has 1 N–H and O–H groups in total. The maximum Gasteiger partial charge on any atom is 0.0995 e. The SMILES string of the molecule is Cc1cncc(-n2cncc2CNC(C)(C)C)c1. The first-order valence-electron chi connectivity index (χ1n) is 6.14. The second kappa shape index (κ2) is 4.90. The smallest absolute Gasteiger partial charge is 0.0995 e. The molecule has 0 saturated carbocycles. The fourth-order valence-corrected chi connectivity index (χ4v) is 1.71. The van der Waals surface area contributed by atoms with Crippen LogP contribution in [0.1, 0.15) is 32.0 Å². The normalized spacial score (nSPS) is 11.8. The van der Waals surface area contributed by atoms with E-state index in [2.05, 4.69) is 46.7 Å². The number of rotatable bonds is 3. The first kappa shape index (κ1) is 12.8. The predicted octanol–water partition coefficient (Wildman–Crippen LogP) is 2.46. The Morgan fingerprint density at radius 2 is 1.94 bits per heavy atom. The number of hydrogen-bond acceptors (Lipinski definition) is 3. The summed E-state index contributed by atoms with van der Waals surface area (Å²) in [4.78, 5) is 8.45. The molecule has 0 amide bonds. The van der Waals surface area contributed by atoms with E-state index < -0.39 is 0 Å². The van der Waals surface area contributed by atoms with E-state index >= 15 is 0 Å². The van der Waals surface area contributed by atoms with Gasteiger partial charge in [0.1, 0.15) is 0 Å². The van der Waals surface area contributed by atoms with E-state index in [1.807, 2.05) is 31.8 Å². The van der Waals surface area contributed by atoms with Crippen molar-refractivity contribution in [1.29, 1.82) is 0 Å². The van der Waals surface area contributed by atoms with Crippen LogP contribution < -0.4 is 5.32 Å². The lowest BCUT2D eigenvalue weighted by molar-refractivity contribution is 0.419. The fourth-order valence-electron chi connectivity index (χ4n) is 1.71. The predicted molar refractivity (Wildman–Crippen MR) is 72.7 cm³/mol. The average Bonchev–Trinajstić information content (AvgIpc) is 2.73. The summed E-state index contributed by atoms with van der Waals surface area (Å²) in [6.45, 7) is 9.30. The number of aryl methyl sites for hydroxylation is 1. The molecule has 0 radical (unpaired) electrons. The second-order valence-electron chi connectivity index (χ2n) is 5.58. The van der Waals surface area contributed by atoms with Crippen molar-refractivity contribution in [3.63, 3.8) is 0 Å². The number of nitrogens with one attached hydrogen (secondary N) is 1. The summed E-state index contributed by atoms with van der Waals surface area (Å²) in [5, 5.41) is 3.47. The molecule has 2 aromatic heterocycles. The van der Waals surface area contributed by atoms with Crippen LogP contribution in [0.25, 0.3) is 5.69 Å². The zero-order valence-electron chi connectivity index (χ0n) is 11.4. The average molecular weight is 244 g/mol. The van der Waals surface area contributed by atoms with Crippen molar-refractivity contribution in [3.8, 4) is 5.69 Å². The van der Waals surface area contributed by atoms with Crippen molar-refractivity contribution in [1.82, 2.24) is 19.9 Å². The van der Waals surface area contributed by atoms with Crippen molar-refractivity contribution in [2.24, 2.45) is 0 Å². The van der Waals surface area contributed by atoms with Gasteiger partial charge in [0.15, 0.2) is 0 Å². The van der Waals surface area contributed by atoms with Gasteiger partial charge in [-0.15, -0.1) is 0 Å². The van der Waals surface area contributed by atoms with Gasteiger partial charge in [0.2, 0.25) is 0 Å². The summed E-state index contributed by atoms with van der Waals surface area (Å²) in [5.74, 6) is 0. The molecule has 0 bridgehead atoms. The molecule has 2 aromatic rings. The fraction of sp³-hybridized carbons (Fsp3) is 0.429. The topological polar surface area (TPSA) is 42.7 Å². The van der Waals surface area contributed by atoms with Gasteiger partial charge in [-0.3, -0.25) is 4.98 Å². The molecule has 96 valence electrons. The zero-order chi connectivity index (χ0) is 13.2. The van der Waals surface area contributed by atoms with Crippen LogP contribution in [0.4, 0.5) is 0 Å². The highest BCUT2D eigenvalue weighted by Gasteiger charge is 2.11. The minimum atomic E-state index is 0.0972. The lowest BCUT2D eigenvalue weighted by atomic mass is 10.1. The van der Waals surface area contributed by atoms with Crippen LogP contribution >= 0.6 is 0 Å². The summed E-state index contributed by atoms with van der Waals surface area (Å²) in [6, 6.07) is 2.11. The Kier molecular flexibility index (Phi) is 3.48. The largest absolute Gasteiger partial charge is 0.306 e. The zero-order valence-corrected chi connectivity index (χ0v) is 11.4. The van der Waals surface area contributed by atoms with Crippen molar-refractivity contribution in [2.75, 3.05) is 0 Å². The molecule has 2 rings (SSSR count). The molecular weight excluding hydrogens is 224 g/mol. The minimum Gasteiger partial charge on any atom is -0.306 e. The van der Waals surface area contributed by atoms with Crippen molar-refractivity contribution in [2.45, 2.75) is 39.8 Å². The van der Waals surface area contributed by atoms with Crippen LogP contribution in [0.3, 0.4) is 0 Å². The van der Waals surface area contributed by atoms with Gasteiger partial charge in [-0.25, -0.2) is 4.98 Å². The molecule has 4 nitrogen and oxygen atoms in total. The first-order chi connectivity index (χ1) is 8.46. The Morgan fingerprint density at radius 3 is 2.61 bits per heavy atom. The molecule has 0 atom stereocenters. The van der Waals surface area contributed by atoms with Gasteiger partial charge in [0.25, 0.3) is 0 Å². The van der Waals surface area contributed by atoms with Gasteiger partial charge in [-0.05, 0) is 39.3 Å². The van der Waals surface area contributed by atoms with E-state index in [1.54, 1.807) is 0 Å². The highest BCUT2D eigenvalue weighted by atomic mass is 15.1. The molecule has 0 saturated heterocycles. The number of nitrogens with zero attached hydrogens (tertiary/aromatic N) is 3. The van der Waals surface area contributed by atoms with E-state index in [9.17, 15) is 0 Å². The van der Waals surface area contributed by atoms with Crippen LogP contribution in [0.2, 0.25) is 0 Å². The molecule has 0 unspecified atom stereocenters. The third kappa shape index (κ3) is 3.17. The number of aromatic nitrogens is 3. The molecule has 18 heavy (non-hydrogen) atoms. The standard InChI is InChI=1S/C14H20N4/c1-11-5-12(7-15-6-11)18-10-16-8-13(18)9-17-14(2,3)4/h5-8,10,17H,9H2,1-4H3. The maximum absolute atomic E-state index is 4.22. The van der Waals surface area contributed by atoms with Crippen LogP contribution in [0.5, 0.6) is 0 Å². The first-order valence-corrected chi connectivity index (χ1v) is 6.14. The third-order valence-corrected chi connectivity index (χ3v) is 2.65. The highest BCUT2D eigenvalue weighted by molar-refractivity contribution is 5.33. The van der Waals surface area contributed by atoms with Crippen LogP contribution in [0.15, 0.2) is 31.0 Å². The number of hydrogen-bond donors (Lipinski definition) is 1. The Bertz CT molecular complexity index is 523. The van der Waals surface area contributed by atoms with Crippen LogP contribution in [-0.2, 0) is 6.54 Å². The molecule has 2 heterocycles. The van der Waals surface area contributed by atoms with Crippen LogP contribution in [-0.4, -0.2) is 20.1 Å². The second-order valence-corrected chi connectivity index (χ2v) is 5.58. The summed E-state index contributed by atoms with van der Waals surface area (Å²) in [7, 11) is 0. The van der Waals surface area contributed by atoms with Crippen molar-refractivity contribution >= 4 is 0 Å². The lowest BCUT2D eigenvalue weighted by Gasteiger charge is -2.21. The van der Waals surface area contributed by atoms with Gasteiger partial charge >= 0.3 is 0 Å². The minimum absolute atomic E-state index is 0.0972. The molecule has 4 heteroatoms. The number of pyridine rings is 1. The highest BCUT2D eigenvalue weighted by Crippen LogP contribution is 2.12. The Hall–Kier alpha value is -1.68. The Balaban J connectivity index is 2.23. The van der Waals surface area contributed by atoms with E-state index in [0.29, 0.717) is 0 Å². The van der Waals surface area contributed by atoms with Gasteiger partial charge < -0.3 is 9.88 Å². The molecule has 0 spiro atoms. The summed E-state index contributed by atoms with van der Waals surface area (Å²) in [6.07, 6.45) is 7.43. The number of imidazole rings is 1. The Morgan fingerprint density at radius 1 is 1.17 bits per heavy atom. The lowest BCUT2D eigenvalue weighted by Crippen LogP contribution is -2.35. The van der Waals surface area contributed by atoms with Crippen molar-refractivity contribution in [3.05, 3.63) is 42.2 Å². The third-order valence-electron chi connectivity index (χ3n) is 2.65. The molecule has 0 fully saturated rings. The summed E-state index contributed by atoms with van der Waals surface area (Å²) in [5.41, 5.74) is 3.44. The molecule has 0 aliphatic heterocycles. The van der Waals surface area contributed by atoms with Gasteiger partial charge in [-0.1, -0.05) is 0 Å². The van der Waals surface area contributed by atoms with E-state index in [-0.39, 0.29) is 5.54 Å². The van der Waals surface area contributed by atoms with Crippen LogP contribution in [0, 0.1) is 6.92 Å². The van der Waals surface area contributed by atoms with Gasteiger partial charge in [0, 0.05) is 24.5 Å². The monoisotopic (exact) mass is 244 g/mol. The molecular formula is C14H20N4. The molecule has 0 aliphatic rings. The Labute approximate surface area is 108 Å². The summed E-state index contributed by atoms with van der Waals surface area (Å²) >= 11 is 0. The molecule has 0 aromatic carbocycles. The quantitative estimate of drug-likeness (QED) is 0.902. The van der Waals surface area contributed by atoms with Gasteiger partial charge in [0.05, 0.1) is 23.9 Å². The van der Waals surface area contributed by atoms with E-state index in [1.165, 1.54) is 0 Å². The summed E-state index contributed by atoms with van der Waals surface area (Å²) < 4.78 is 2.07. The van der Waals surface area contributed by atoms with Crippen molar-refractivity contribution < 1.29 is 0 Å². The van der Waals surface area contributed by atoms with E-state index in [4.69, 9.17) is 0 Å². The maximum atomic E-state index is 4.22.